The number of nitrogens with zero attached hydrogens (tertiary/aromatic N) is 2. The van der Waals surface area contributed by atoms with Crippen molar-refractivity contribution in [3.63, 3.8) is 0 Å². The summed E-state index contributed by atoms with van der Waals surface area (Å²) in [5.74, 6) is -0.983. The van der Waals surface area contributed by atoms with Crippen LogP contribution >= 0.6 is 0 Å². The molecule has 0 spiro atoms. The zero-order valence-corrected chi connectivity index (χ0v) is 12.0. The molecule has 0 bridgehead atoms. The second-order valence-corrected chi connectivity index (χ2v) is 5.45. The van der Waals surface area contributed by atoms with Gasteiger partial charge in [-0.15, -0.1) is 0 Å². The van der Waals surface area contributed by atoms with Crippen LogP contribution in [0.3, 0.4) is 0 Å². The van der Waals surface area contributed by atoms with E-state index in [1.165, 1.54) is 0 Å². The maximum absolute atomic E-state index is 12.2. The van der Waals surface area contributed by atoms with Crippen molar-refractivity contribution >= 4 is 17.9 Å². The zero-order chi connectivity index (χ0) is 15.2. The molecule has 2 aliphatic rings. The molecule has 2 heterocycles. The molecule has 21 heavy (non-hydrogen) atoms. The van der Waals surface area contributed by atoms with E-state index in [9.17, 15) is 14.4 Å². The highest BCUT2D eigenvalue weighted by atomic mass is 16.4. The third-order valence-electron chi connectivity index (χ3n) is 3.82. The SMILES string of the molecule is O=C(O)CN1CCCN(C(=O)NC2CCCNC2=O)CC1. The lowest BCUT2D eigenvalue weighted by Gasteiger charge is -2.27. The topological polar surface area (TPSA) is 102 Å². The summed E-state index contributed by atoms with van der Waals surface area (Å²) in [5.41, 5.74) is 0. The number of aliphatic carboxylic acids is 1. The Hall–Kier alpha value is -1.83. The molecule has 8 nitrogen and oxygen atoms in total. The Labute approximate surface area is 123 Å². The Morgan fingerprint density at radius 3 is 2.76 bits per heavy atom. The Morgan fingerprint density at radius 2 is 2.05 bits per heavy atom. The van der Waals surface area contributed by atoms with Crippen molar-refractivity contribution in [3.05, 3.63) is 0 Å². The molecule has 2 rings (SSSR count). The predicted molar refractivity (Wildman–Crippen MR) is 74.8 cm³/mol. The first-order valence-electron chi connectivity index (χ1n) is 7.33. The Kier molecular flexibility index (Phi) is 5.38. The normalized spacial score (nSPS) is 24.1. The fourth-order valence-electron chi connectivity index (χ4n) is 2.67. The van der Waals surface area contributed by atoms with Crippen LogP contribution in [-0.4, -0.2) is 78.1 Å². The van der Waals surface area contributed by atoms with Gasteiger partial charge in [0.1, 0.15) is 6.04 Å². The molecule has 0 aliphatic carbocycles. The summed E-state index contributed by atoms with van der Waals surface area (Å²) >= 11 is 0. The van der Waals surface area contributed by atoms with E-state index < -0.39 is 12.0 Å². The van der Waals surface area contributed by atoms with Crippen LogP contribution in [-0.2, 0) is 9.59 Å². The van der Waals surface area contributed by atoms with Crippen LogP contribution in [0, 0.1) is 0 Å². The molecule has 1 atom stereocenters. The van der Waals surface area contributed by atoms with Crippen LogP contribution < -0.4 is 10.6 Å². The Bertz CT molecular complexity index is 415. The minimum absolute atomic E-state index is 0.000486. The van der Waals surface area contributed by atoms with Gasteiger partial charge < -0.3 is 20.6 Å². The van der Waals surface area contributed by atoms with Gasteiger partial charge in [-0.25, -0.2) is 4.79 Å². The smallest absolute Gasteiger partial charge is 0.318 e. The van der Waals surface area contributed by atoms with E-state index in [2.05, 4.69) is 10.6 Å². The van der Waals surface area contributed by atoms with Gasteiger partial charge in [-0.3, -0.25) is 14.5 Å². The van der Waals surface area contributed by atoms with Gasteiger partial charge in [0.05, 0.1) is 6.54 Å². The number of nitrogens with one attached hydrogen (secondary N) is 2. The maximum atomic E-state index is 12.2. The lowest BCUT2D eigenvalue weighted by molar-refractivity contribution is -0.138. The number of carboxylic acids is 1. The molecule has 0 aromatic heterocycles. The number of carboxylic acid groups (broad SMARTS) is 1. The predicted octanol–water partition coefficient (Wildman–Crippen LogP) is -0.933. The second kappa shape index (κ2) is 7.26. The lowest BCUT2D eigenvalue weighted by Crippen LogP contribution is -2.54. The van der Waals surface area contributed by atoms with Gasteiger partial charge in [-0.1, -0.05) is 0 Å². The molecule has 0 saturated carbocycles. The van der Waals surface area contributed by atoms with Crippen LogP contribution in [0.15, 0.2) is 0 Å². The molecular weight excluding hydrogens is 276 g/mol. The maximum Gasteiger partial charge on any atom is 0.318 e. The average molecular weight is 298 g/mol. The number of carbonyl (C=O) groups excluding carboxylic acids is 2. The molecule has 3 N–H and O–H groups in total. The first-order chi connectivity index (χ1) is 10.1. The van der Waals surface area contributed by atoms with Gasteiger partial charge in [0.15, 0.2) is 0 Å². The molecule has 2 fully saturated rings. The van der Waals surface area contributed by atoms with Crippen molar-refractivity contribution in [2.24, 2.45) is 0 Å². The minimum Gasteiger partial charge on any atom is -0.480 e. The van der Waals surface area contributed by atoms with Gasteiger partial charge in [-0.05, 0) is 19.3 Å². The molecule has 0 radical (unpaired) electrons. The van der Waals surface area contributed by atoms with Gasteiger partial charge in [0, 0.05) is 32.7 Å². The van der Waals surface area contributed by atoms with Crippen molar-refractivity contribution < 1.29 is 19.5 Å². The number of carbonyl (C=O) groups is 3. The van der Waals surface area contributed by atoms with Gasteiger partial charge in [0.25, 0.3) is 0 Å². The molecule has 0 aromatic rings. The summed E-state index contributed by atoms with van der Waals surface area (Å²) in [6.45, 7) is 2.93. The van der Waals surface area contributed by atoms with Crippen LogP contribution in [0.5, 0.6) is 0 Å². The van der Waals surface area contributed by atoms with Crippen LogP contribution in [0.1, 0.15) is 19.3 Å². The highest BCUT2D eigenvalue weighted by molar-refractivity contribution is 5.87. The summed E-state index contributed by atoms with van der Waals surface area (Å²) in [6.07, 6.45) is 2.26. The number of rotatable bonds is 3. The number of hydrogen-bond donors (Lipinski definition) is 3. The number of piperidine rings is 1. The Balaban J connectivity index is 1.82. The molecule has 0 aromatic carbocycles. The van der Waals surface area contributed by atoms with Crippen molar-refractivity contribution in [3.8, 4) is 0 Å². The molecule has 118 valence electrons. The van der Waals surface area contributed by atoms with Crippen LogP contribution in [0.25, 0.3) is 0 Å². The van der Waals surface area contributed by atoms with Crippen molar-refractivity contribution in [1.29, 1.82) is 0 Å². The number of hydrogen-bond acceptors (Lipinski definition) is 4. The minimum atomic E-state index is -0.855. The lowest BCUT2D eigenvalue weighted by atomic mass is 10.1. The zero-order valence-electron chi connectivity index (χ0n) is 12.0. The fourth-order valence-corrected chi connectivity index (χ4v) is 2.67. The molecule has 3 amide bonds. The quantitative estimate of drug-likeness (QED) is 0.624. The van der Waals surface area contributed by atoms with E-state index in [-0.39, 0.29) is 18.5 Å². The third-order valence-corrected chi connectivity index (χ3v) is 3.82. The van der Waals surface area contributed by atoms with E-state index in [1.54, 1.807) is 4.90 Å². The second-order valence-electron chi connectivity index (χ2n) is 5.45. The van der Waals surface area contributed by atoms with Crippen LogP contribution in [0.2, 0.25) is 0 Å². The first-order valence-corrected chi connectivity index (χ1v) is 7.33. The van der Waals surface area contributed by atoms with E-state index in [0.29, 0.717) is 39.1 Å². The highest BCUT2D eigenvalue weighted by Gasteiger charge is 2.27. The van der Waals surface area contributed by atoms with Crippen molar-refractivity contribution in [2.45, 2.75) is 25.3 Å². The molecular formula is C13H22N4O4. The highest BCUT2D eigenvalue weighted by Crippen LogP contribution is 2.07. The first kappa shape index (κ1) is 15.6. The van der Waals surface area contributed by atoms with Gasteiger partial charge >= 0.3 is 12.0 Å². The van der Waals surface area contributed by atoms with Crippen molar-refractivity contribution in [1.82, 2.24) is 20.4 Å². The van der Waals surface area contributed by atoms with E-state index in [4.69, 9.17) is 5.11 Å². The summed E-state index contributed by atoms with van der Waals surface area (Å²) < 4.78 is 0. The summed E-state index contributed by atoms with van der Waals surface area (Å²) in [5, 5.41) is 14.3. The van der Waals surface area contributed by atoms with Gasteiger partial charge in [-0.2, -0.15) is 0 Å². The van der Waals surface area contributed by atoms with Crippen LogP contribution in [0.4, 0.5) is 4.79 Å². The average Bonchev–Trinajstić information content (AvgIpc) is 2.66. The van der Waals surface area contributed by atoms with E-state index >= 15 is 0 Å². The fraction of sp³-hybridized carbons (Fsp3) is 0.769. The molecule has 8 heteroatoms. The van der Waals surface area contributed by atoms with E-state index in [0.717, 1.165) is 12.8 Å². The summed E-state index contributed by atoms with van der Waals surface area (Å²) in [6, 6.07) is -0.696. The summed E-state index contributed by atoms with van der Waals surface area (Å²) in [4.78, 5) is 38.0. The molecule has 2 saturated heterocycles. The monoisotopic (exact) mass is 298 g/mol. The third kappa shape index (κ3) is 4.59. The van der Waals surface area contributed by atoms with Gasteiger partial charge in [0.2, 0.25) is 5.91 Å². The summed E-state index contributed by atoms with van der Waals surface area (Å²) in [7, 11) is 0. The molecule has 2 aliphatic heterocycles. The van der Waals surface area contributed by atoms with Crippen molar-refractivity contribution in [2.75, 3.05) is 39.3 Å². The molecule has 1 unspecified atom stereocenters. The standard InChI is InChI=1S/C13H22N4O4/c18-11(19)9-16-5-2-6-17(8-7-16)13(21)15-10-3-1-4-14-12(10)20/h10H,1-9H2,(H,14,20)(H,15,21)(H,18,19). The number of urea groups is 1. The number of amides is 3. The largest absolute Gasteiger partial charge is 0.480 e. The Morgan fingerprint density at radius 1 is 1.24 bits per heavy atom. The van der Waals surface area contributed by atoms with E-state index in [1.807, 2.05) is 4.90 Å².